The summed E-state index contributed by atoms with van der Waals surface area (Å²) >= 11 is 13.2. The average molecular weight is 439 g/mol. The fraction of sp³-hybridized carbons (Fsp3) is 0.167. The maximum atomic E-state index is 13.2. The molecule has 0 fully saturated rings. The molecule has 0 aliphatic carbocycles. The molecule has 3 aromatic rings. The predicted molar refractivity (Wildman–Crippen MR) is 104 cm³/mol. The van der Waals surface area contributed by atoms with E-state index in [1.54, 1.807) is 34.8 Å². The van der Waals surface area contributed by atoms with Gasteiger partial charge < -0.3 is 4.90 Å². The van der Waals surface area contributed by atoms with Crippen molar-refractivity contribution < 1.29 is 4.79 Å². The van der Waals surface area contributed by atoms with Gasteiger partial charge in [0.15, 0.2) is 0 Å². The SMILES string of the molecule is O=C(c1cc(Br)ccc1Cl)N1CCc2sccc2C1c1cccs1. The maximum Gasteiger partial charge on any atom is 0.256 e. The first-order valence-corrected chi connectivity index (χ1v) is 10.4. The second-order valence-corrected chi connectivity index (χ2v) is 8.89. The molecule has 24 heavy (non-hydrogen) atoms. The van der Waals surface area contributed by atoms with E-state index in [9.17, 15) is 4.79 Å². The smallest absolute Gasteiger partial charge is 0.256 e. The largest absolute Gasteiger partial charge is 0.326 e. The monoisotopic (exact) mass is 437 g/mol. The third-order valence-corrected chi connectivity index (χ3v) is 6.94. The standard InChI is InChI=1S/C18H13BrClNOS2/c19-11-3-4-14(20)13(10-11)18(22)21-7-5-15-12(6-9-24-15)17(21)16-2-1-8-23-16/h1-4,6,8-10,17H,5,7H2. The molecule has 0 saturated heterocycles. The minimum atomic E-state index is -0.0254. The molecule has 0 bridgehead atoms. The number of rotatable bonds is 2. The van der Waals surface area contributed by atoms with Gasteiger partial charge >= 0.3 is 0 Å². The Hall–Kier alpha value is -1.14. The average Bonchev–Trinajstić information content (AvgIpc) is 3.26. The molecule has 0 N–H and O–H groups in total. The lowest BCUT2D eigenvalue weighted by atomic mass is 9.97. The van der Waals surface area contributed by atoms with Crippen LogP contribution in [0.1, 0.15) is 31.7 Å². The molecule has 1 aromatic carbocycles. The molecule has 0 spiro atoms. The quantitative estimate of drug-likeness (QED) is 0.479. The number of benzene rings is 1. The van der Waals surface area contributed by atoms with Crippen molar-refractivity contribution in [2.75, 3.05) is 6.54 Å². The van der Waals surface area contributed by atoms with E-state index in [1.807, 2.05) is 17.0 Å². The summed E-state index contributed by atoms with van der Waals surface area (Å²) in [5.41, 5.74) is 1.79. The van der Waals surface area contributed by atoms with Gasteiger partial charge in [-0.05, 0) is 53.1 Å². The fourth-order valence-corrected chi connectivity index (χ4v) is 5.42. The van der Waals surface area contributed by atoms with Crippen LogP contribution in [0.4, 0.5) is 0 Å². The van der Waals surface area contributed by atoms with Gasteiger partial charge in [-0.15, -0.1) is 22.7 Å². The second kappa shape index (κ2) is 6.64. The number of nitrogens with zero attached hydrogens (tertiary/aromatic N) is 1. The van der Waals surface area contributed by atoms with Crippen molar-refractivity contribution in [3.63, 3.8) is 0 Å². The number of hydrogen-bond donors (Lipinski definition) is 0. The van der Waals surface area contributed by atoms with E-state index in [2.05, 4.69) is 38.8 Å². The van der Waals surface area contributed by atoms with Gasteiger partial charge in [-0.3, -0.25) is 4.79 Å². The number of thiophene rings is 2. The van der Waals surface area contributed by atoms with Gasteiger partial charge in [0, 0.05) is 20.8 Å². The molecule has 122 valence electrons. The summed E-state index contributed by atoms with van der Waals surface area (Å²) in [4.78, 5) is 17.8. The van der Waals surface area contributed by atoms with Crippen LogP contribution >= 0.6 is 50.2 Å². The summed E-state index contributed by atoms with van der Waals surface area (Å²) < 4.78 is 0.858. The van der Waals surface area contributed by atoms with Crippen molar-refractivity contribution in [1.82, 2.24) is 4.90 Å². The van der Waals surface area contributed by atoms with Crippen LogP contribution in [0, 0.1) is 0 Å². The van der Waals surface area contributed by atoms with Gasteiger partial charge in [0.25, 0.3) is 5.91 Å². The summed E-state index contributed by atoms with van der Waals surface area (Å²) in [6, 6.07) is 11.7. The van der Waals surface area contributed by atoms with E-state index in [-0.39, 0.29) is 11.9 Å². The van der Waals surface area contributed by atoms with Crippen LogP contribution in [-0.2, 0) is 6.42 Å². The Morgan fingerprint density at radius 1 is 1.21 bits per heavy atom. The van der Waals surface area contributed by atoms with Crippen molar-refractivity contribution in [2.24, 2.45) is 0 Å². The zero-order valence-corrected chi connectivity index (χ0v) is 16.5. The highest BCUT2D eigenvalue weighted by atomic mass is 79.9. The summed E-state index contributed by atoms with van der Waals surface area (Å²) in [5.74, 6) is -0.0171. The summed E-state index contributed by atoms with van der Waals surface area (Å²) in [5, 5.41) is 4.67. The molecular formula is C18H13BrClNOS2. The van der Waals surface area contributed by atoms with Crippen LogP contribution in [0.25, 0.3) is 0 Å². The van der Waals surface area contributed by atoms with Gasteiger partial charge in [-0.1, -0.05) is 33.6 Å². The molecule has 0 radical (unpaired) electrons. The summed E-state index contributed by atoms with van der Waals surface area (Å²) in [6.45, 7) is 0.706. The van der Waals surface area contributed by atoms with Crippen LogP contribution in [0.3, 0.4) is 0 Å². The topological polar surface area (TPSA) is 20.3 Å². The van der Waals surface area contributed by atoms with Crippen LogP contribution in [0.5, 0.6) is 0 Å². The Kier molecular flexibility index (Phi) is 4.52. The zero-order valence-electron chi connectivity index (χ0n) is 12.5. The van der Waals surface area contributed by atoms with Gasteiger partial charge in [0.2, 0.25) is 0 Å². The van der Waals surface area contributed by atoms with Gasteiger partial charge in [0.1, 0.15) is 0 Å². The van der Waals surface area contributed by atoms with Crippen molar-refractivity contribution in [3.05, 3.63) is 77.5 Å². The molecule has 1 unspecified atom stereocenters. The fourth-order valence-electron chi connectivity index (χ4n) is 3.10. The van der Waals surface area contributed by atoms with Crippen molar-refractivity contribution in [1.29, 1.82) is 0 Å². The summed E-state index contributed by atoms with van der Waals surface area (Å²) in [6.07, 6.45) is 0.895. The van der Waals surface area contributed by atoms with Crippen molar-refractivity contribution in [3.8, 4) is 0 Å². The molecule has 3 heterocycles. The minimum absolute atomic E-state index is 0.0171. The van der Waals surface area contributed by atoms with Crippen LogP contribution in [0.2, 0.25) is 5.02 Å². The first-order chi connectivity index (χ1) is 11.6. The Labute approximate surface area is 161 Å². The zero-order chi connectivity index (χ0) is 16.7. The lowest BCUT2D eigenvalue weighted by Crippen LogP contribution is -2.39. The van der Waals surface area contributed by atoms with Gasteiger partial charge in [0.05, 0.1) is 16.6 Å². The third-order valence-electron chi connectivity index (χ3n) is 4.20. The minimum Gasteiger partial charge on any atom is -0.326 e. The number of fused-ring (bicyclic) bond motifs is 1. The van der Waals surface area contributed by atoms with E-state index < -0.39 is 0 Å². The molecular weight excluding hydrogens is 426 g/mol. The van der Waals surface area contributed by atoms with E-state index in [1.165, 1.54) is 15.3 Å². The van der Waals surface area contributed by atoms with Crippen LogP contribution in [0.15, 0.2) is 51.6 Å². The molecule has 4 rings (SSSR count). The lowest BCUT2D eigenvalue weighted by molar-refractivity contribution is 0.0699. The lowest BCUT2D eigenvalue weighted by Gasteiger charge is -2.35. The van der Waals surface area contributed by atoms with Gasteiger partial charge in [-0.25, -0.2) is 0 Å². The van der Waals surface area contributed by atoms with E-state index in [0.29, 0.717) is 17.1 Å². The Bertz CT molecular complexity index is 890. The van der Waals surface area contributed by atoms with E-state index in [4.69, 9.17) is 11.6 Å². The highest BCUT2D eigenvalue weighted by Gasteiger charge is 2.34. The highest BCUT2D eigenvalue weighted by Crippen LogP contribution is 2.40. The molecule has 1 atom stereocenters. The molecule has 2 nitrogen and oxygen atoms in total. The van der Waals surface area contributed by atoms with Crippen LogP contribution < -0.4 is 0 Å². The molecule has 2 aromatic heterocycles. The van der Waals surface area contributed by atoms with E-state index in [0.717, 1.165) is 10.9 Å². The molecule has 1 aliphatic rings. The van der Waals surface area contributed by atoms with Crippen LogP contribution in [-0.4, -0.2) is 17.4 Å². The first kappa shape index (κ1) is 16.3. The number of hydrogen-bond acceptors (Lipinski definition) is 3. The summed E-state index contributed by atoms with van der Waals surface area (Å²) in [7, 11) is 0. The predicted octanol–water partition coefficient (Wildman–Crippen LogP) is 6.01. The molecule has 0 saturated carbocycles. The van der Waals surface area contributed by atoms with Gasteiger partial charge in [-0.2, -0.15) is 0 Å². The second-order valence-electron chi connectivity index (χ2n) is 5.59. The van der Waals surface area contributed by atoms with Crippen molar-refractivity contribution >= 4 is 56.1 Å². The molecule has 6 heteroatoms. The third kappa shape index (κ3) is 2.84. The number of carbonyl (C=O) groups excluding carboxylic acids is 1. The maximum absolute atomic E-state index is 13.2. The normalized spacial score (nSPS) is 16.9. The Morgan fingerprint density at radius 2 is 2.08 bits per heavy atom. The molecule has 1 aliphatic heterocycles. The van der Waals surface area contributed by atoms with Crippen molar-refractivity contribution in [2.45, 2.75) is 12.5 Å². The number of halogens is 2. The number of carbonyl (C=O) groups is 1. The van der Waals surface area contributed by atoms with E-state index >= 15 is 0 Å². The Morgan fingerprint density at radius 3 is 2.88 bits per heavy atom. The number of amides is 1. The molecule has 1 amide bonds. The first-order valence-electron chi connectivity index (χ1n) is 7.51. The highest BCUT2D eigenvalue weighted by molar-refractivity contribution is 9.10. The Balaban J connectivity index is 1.79.